The normalized spacial score (nSPS) is 14.2. The Morgan fingerprint density at radius 2 is 1.96 bits per heavy atom. The molecule has 0 saturated carbocycles. The molecule has 154 valence electrons. The van der Waals surface area contributed by atoms with Gasteiger partial charge in [-0.15, -0.1) is 0 Å². The van der Waals surface area contributed by atoms with Gasteiger partial charge >= 0.3 is 0 Å². The molecule has 9 heteroatoms. The van der Waals surface area contributed by atoms with Crippen molar-refractivity contribution in [3.8, 4) is 0 Å². The topological polar surface area (TPSA) is 85.4 Å². The van der Waals surface area contributed by atoms with Crippen LogP contribution in [0.25, 0.3) is 10.8 Å². The number of sulfonamides is 1. The lowest BCUT2D eigenvalue weighted by atomic mass is 9.98. The highest BCUT2D eigenvalue weighted by molar-refractivity contribution is 7.88. The van der Waals surface area contributed by atoms with Gasteiger partial charge < -0.3 is 4.43 Å². The molecule has 0 saturated heterocycles. The largest absolute Gasteiger partial charge is 0.409 e. The number of pyridine rings is 1. The van der Waals surface area contributed by atoms with Crippen LogP contribution < -0.4 is 4.72 Å². The van der Waals surface area contributed by atoms with E-state index >= 15 is 0 Å². The van der Waals surface area contributed by atoms with Gasteiger partial charge in [-0.25, -0.2) is 17.5 Å². The lowest BCUT2D eigenvalue weighted by Crippen LogP contribution is -2.44. The second-order valence-electron chi connectivity index (χ2n) is 8.39. The third kappa shape index (κ3) is 5.02. The lowest BCUT2D eigenvalue weighted by molar-refractivity contribution is 0.112. The summed E-state index contributed by atoms with van der Waals surface area (Å²) in [5.41, 5.74) is 0.412. The number of hydrogen-bond acceptors (Lipinski definition) is 5. The summed E-state index contributed by atoms with van der Waals surface area (Å²) in [5.74, 6) is -0.674. The smallest absolute Gasteiger partial charge is 0.208 e. The Bertz CT molecular complexity index is 987. The molecule has 1 aromatic heterocycles. The average Bonchev–Trinajstić information content (AvgIpc) is 2.56. The van der Waals surface area contributed by atoms with E-state index in [1.54, 1.807) is 12.3 Å². The number of fused-ring (bicyclic) bond motifs is 1. The van der Waals surface area contributed by atoms with Crippen LogP contribution in [-0.4, -0.2) is 40.8 Å². The van der Waals surface area contributed by atoms with E-state index in [1.807, 2.05) is 13.1 Å². The molecule has 0 aliphatic rings. The van der Waals surface area contributed by atoms with E-state index in [1.165, 1.54) is 12.3 Å². The van der Waals surface area contributed by atoms with Crippen molar-refractivity contribution in [1.82, 2.24) is 9.71 Å². The standard InChI is InChI=1S/C19H27FN2O4SSi/c1-19(2,3)28(5,6)26-18(11-22-27(4,24)25)14-9-17(20)16(12-23)13-7-8-21-10-15(13)14/h7-10,12,18,22H,11H2,1-6H3. The molecule has 1 heterocycles. The maximum Gasteiger partial charge on any atom is 0.208 e. The van der Waals surface area contributed by atoms with Gasteiger partial charge in [-0.3, -0.25) is 9.78 Å². The summed E-state index contributed by atoms with van der Waals surface area (Å²) in [6.45, 7) is 10.2. The Balaban J connectivity index is 2.65. The van der Waals surface area contributed by atoms with E-state index in [9.17, 15) is 17.6 Å². The molecular weight excluding hydrogens is 399 g/mol. The van der Waals surface area contributed by atoms with Gasteiger partial charge in [-0.05, 0) is 41.2 Å². The van der Waals surface area contributed by atoms with Crippen LogP contribution in [0.15, 0.2) is 24.5 Å². The van der Waals surface area contributed by atoms with Crippen LogP contribution in [0.3, 0.4) is 0 Å². The van der Waals surface area contributed by atoms with Gasteiger partial charge in [0, 0.05) is 24.3 Å². The monoisotopic (exact) mass is 426 g/mol. The van der Waals surface area contributed by atoms with Gasteiger partial charge in [0.25, 0.3) is 0 Å². The summed E-state index contributed by atoms with van der Waals surface area (Å²) in [6.07, 6.45) is 3.83. The van der Waals surface area contributed by atoms with E-state index in [0.717, 1.165) is 6.26 Å². The molecule has 1 aromatic carbocycles. The fourth-order valence-electron chi connectivity index (χ4n) is 2.64. The number of carbonyl (C=O) groups excluding carboxylic acids is 1. The number of aromatic nitrogens is 1. The second-order valence-corrected chi connectivity index (χ2v) is 15.0. The van der Waals surface area contributed by atoms with Crippen molar-refractivity contribution in [1.29, 1.82) is 0 Å². The number of aldehydes is 1. The molecular formula is C19H27FN2O4SSi. The van der Waals surface area contributed by atoms with Crippen LogP contribution in [0.1, 0.15) is 42.8 Å². The summed E-state index contributed by atoms with van der Waals surface area (Å²) >= 11 is 0. The minimum absolute atomic E-state index is 0.0464. The summed E-state index contributed by atoms with van der Waals surface area (Å²) in [4.78, 5) is 15.5. The Morgan fingerprint density at radius 1 is 1.32 bits per heavy atom. The number of hydrogen-bond donors (Lipinski definition) is 1. The maximum absolute atomic E-state index is 14.6. The first-order chi connectivity index (χ1) is 12.8. The fraction of sp³-hybridized carbons (Fsp3) is 0.474. The minimum Gasteiger partial charge on any atom is -0.409 e. The molecule has 1 atom stereocenters. The van der Waals surface area contributed by atoms with Crippen molar-refractivity contribution in [2.45, 2.75) is 45.0 Å². The number of halogens is 1. The molecule has 2 aromatic rings. The van der Waals surface area contributed by atoms with Gasteiger partial charge in [-0.2, -0.15) is 0 Å². The molecule has 0 bridgehead atoms. The summed E-state index contributed by atoms with van der Waals surface area (Å²) < 4.78 is 46.9. The van der Waals surface area contributed by atoms with E-state index in [-0.39, 0.29) is 17.1 Å². The van der Waals surface area contributed by atoms with Crippen LogP contribution in [0.2, 0.25) is 18.1 Å². The van der Waals surface area contributed by atoms with Crippen molar-refractivity contribution < 1.29 is 22.0 Å². The highest BCUT2D eigenvalue weighted by atomic mass is 32.2. The third-order valence-electron chi connectivity index (χ3n) is 5.20. The van der Waals surface area contributed by atoms with Crippen LogP contribution in [-0.2, 0) is 14.4 Å². The van der Waals surface area contributed by atoms with E-state index in [2.05, 4.69) is 30.5 Å². The van der Waals surface area contributed by atoms with Crippen LogP contribution in [0.5, 0.6) is 0 Å². The number of nitrogens with one attached hydrogen (secondary N) is 1. The average molecular weight is 427 g/mol. The zero-order valence-electron chi connectivity index (χ0n) is 17.0. The zero-order chi connectivity index (χ0) is 21.3. The highest BCUT2D eigenvalue weighted by Gasteiger charge is 2.40. The summed E-state index contributed by atoms with van der Waals surface area (Å²) in [7, 11) is -5.80. The Labute approximate surface area is 166 Å². The van der Waals surface area contributed by atoms with Crippen LogP contribution in [0.4, 0.5) is 4.39 Å². The molecule has 2 rings (SSSR count). The zero-order valence-corrected chi connectivity index (χ0v) is 18.9. The van der Waals surface area contributed by atoms with Crippen molar-refractivity contribution in [3.05, 3.63) is 41.5 Å². The molecule has 0 aliphatic heterocycles. The first-order valence-electron chi connectivity index (χ1n) is 8.90. The molecule has 0 radical (unpaired) electrons. The minimum atomic E-state index is -3.47. The van der Waals surface area contributed by atoms with Crippen LogP contribution >= 0.6 is 0 Å². The Hall–Kier alpha value is -1.68. The van der Waals surface area contributed by atoms with Crippen molar-refractivity contribution in [2.24, 2.45) is 0 Å². The molecule has 6 nitrogen and oxygen atoms in total. The lowest BCUT2D eigenvalue weighted by Gasteiger charge is -2.39. The Morgan fingerprint density at radius 3 is 2.50 bits per heavy atom. The van der Waals surface area contributed by atoms with Gasteiger partial charge in [0.2, 0.25) is 10.0 Å². The second kappa shape index (κ2) is 7.98. The molecule has 0 aliphatic carbocycles. The Kier molecular flexibility index (Phi) is 6.44. The molecule has 0 amide bonds. The molecule has 28 heavy (non-hydrogen) atoms. The van der Waals surface area contributed by atoms with Crippen molar-refractivity contribution >= 4 is 35.4 Å². The maximum atomic E-state index is 14.6. The van der Waals surface area contributed by atoms with Crippen molar-refractivity contribution in [2.75, 3.05) is 12.8 Å². The molecule has 1 unspecified atom stereocenters. The third-order valence-corrected chi connectivity index (χ3v) is 10.4. The van der Waals surface area contributed by atoms with Crippen molar-refractivity contribution in [3.63, 3.8) is 0 Å². The van der Waals surface area contributed by atoms with E-state index in [4.69, 9.17) is 4.43 Å². The predicted octanol–water partition coefficient (Wildman–Crippen LogP) is 3.80. The van der Waals surface area contributed by atoms with E-state index < -0.39 is 30.3 Å². The van der Waals surface area contributed by atoms with Crippen LogP contribution in [0, 0.1) is 5.82 Å². The van der Waals surface area contributed by atoms with Gasteiger partial charge in [-0.1, -0.05) is 20.8 Å². The molecule has 1 N–H and O–H groups in total. The predicted molar refractivity (Wildman–Crippen MR) is 111 cm³/mol. The van der Waals surface area contributed by atoms with E-state index in [0.29, 0.717) is 22.6 Å². The number of benzene rings is 1. The first-order valence-corrected chi connectivity index (χ1v) is 13.7. The van der Waals surface area contributed by atoms with Gasteiger partial charge in [0.15, 0.2) is 14.6 Å². The molecule has 0 spiro atoms. The van der Waals surface area contributed by atoms with Gasteiger partial charge in [0.05, 0.1) is 17.9 Å². The first kappa shape index (κ1) is 22.6. The fourth-order valence-corrected chi connectivity index (χ4v) is 4.37. The summed E-state index contributed by atoms with van der Waals surface area (Å²) in [6, 6.07) is 2.81. The quantitative estimate of drug-likeness (QED) is 0.538. The number of rotatable bonds is 7. The SMILES string of the molecule is CC(C)(C)[Si](C)(C)OC(CNS(C)(=O)=O)c1cc(F)c(C=O)c2ccncc12. The highest BCUT2D eigenvalue weighted by Crippen LogP contribution is 2.41. The number of carbonyl (C=O) groups is 1. The summed E-state index contributed by atoms with van der Waals surface area (Å²) in [5, 5.41) is 0.847. The molecule has 0 fully saturated rings. The van der Waals surface area contributed by atoms with Gasteiger partial charge in [0.1, 0.15) is 5.82 Å². The number of nitrogens with zero attached hydrogens (tertiary/aromatic N) is 1.